The first kappa shape index (κ1) is 20.9. The summed E-state index contributed by atoms with van der Waals surface area (Å²) in [6.07, 6.45) is 1.35. The average molecular weight is 461 g/mol. The normalized spacial score (nSPS) is 17.1. The van der Waals surface area contributed by atoms with Crippen molar-refractivity contribution in [2.24, 2.45) is 0 Å². The number of hydrogen-bond donors (Lipinski definition) is 2. The molecule has 2 amide bonds. The van der Waals surface area contributed by atoms with Crippen molar-refractivity contribution in [1.82, 2.24) is 9.88 Å². The summed E-state index contributed by atoms with van der Waals surface area (Å²) >= 11 is 1.10. The molecule has 1 fully saturated rings. The number of nitrogen functional groups attached to an aromatic ring is 1. The number of aromatic nitrogens is 1. The van der Waals surface area contributed by atoms with Gasteiger partial charge in [-0.05, 0) is 24.3 Å². The lowest BCUT2D eigenvalue weighted by Crippen LogP contribution is -2.36. The van der Waals surface area contributed by atoms with Gasteiger partial charge >= 0.3 is 0 Å². The maximum atomic E-state index is 12.8. The molecule has 160 valence electrons. The fourth-order valence-electron chi connectivity index (χ4n) is 3.31. The Morgan fingerprint density at radius 2 is 1.94 bits per heavy atom. The zero-order chi connectivity index (χ0) is 22.3. The van der Waals surface area contributed by atoms with E-state index in [1.54, 1.807) is 0 Å². The lowest BCUT2D eigenvalue weighted by atomic mass is 10.1. The molecule has 3 heterocycles. The zero-order valence-electron chi connectivity index (χ0n) is 15.8. The number of amides is 2. The highest BCUT2D eigenvalue weighted by molar-refractivity contribution is 7.85. The number of fused-ring (bicyclic) bond motifs is 1. The van der Waals surface area contributed by atoms with Gasteiger partial charge in [0.2, 0.25) is 0 Å². The van der Waals surface area contributed by atoms with E-state index in [-0.39, 0.29) is 22.0 Å². The van der Waals surface area contributed by atoms with Crippen LogP contribution in [0.5, 0.6) is 0 Å². The highest BCUT2D eigenvalue weighted by atomic mass is 32.2. The topological polar surface area (TPSA) is 167 Å². The van der Waals surface area contributed by atoms with Crippen LogP contribution in [0.3, 0.4) is 0 Å². The molecule has 0 atom stereocenters. The number of rotatable bonds is 4. The van der Waals surface area contributed by atoms with E-state index in [0.29, 0.717) is 41.9 Å². The summed E-state index contributed by atoms with van der Waals surface area (Å²) in [7, 11) is -4.57. The van der Waals surface area contributed by atoms with Crippen LogP contribution in [0.15, 0.2) is 28.8 Å². The van der Waals surface area contributed by atoms with Crippen LogP contribution in [0.2, 0.25) is 0 Å². The summed E-state index contributed by atoms with van der Waals surface area (Å²) in [5.41, 5.74) is 5.28. The number of imide groups is 1. The fourth-order valence-corrected chi connectivity index (χ4v) is 4.61. The summed E-state index contributed by atoms with van der Waals surface area (Å²) in [5.74, 6) is -1.13. The monoisotopic (exact) mass is 461 g/mol. The number of hydrogen-bond acceptors (Lipinski definition) is 10. The maximum Gasteiger partial charge on any atom is 0.294 e. The van der Waals surface area contributed by atoms with Gasteiger partial charge in [-0.15, -0.1) is 0 Å². The van der Waals surface area contributed by atoms with Crippen molar-refractivity contribution in [1.29, 1.82) is 5.26 Å². The van der Waals surface area contributed by atoms with Crippen molar-refractivity contribution in [3.05, 3.63) is 39.9 Å². The van der Waals surface area contributed by atoms with Gasteiger partial charge in [0.15, 0.2) is 5.13 Å². The Kier molecular flexibility index (Phi) is 5.23. The van der Waals surface area contributed by atoms with E-state index in [2.05, 4.69) is 4.98 Å². The predicted molar refractivity (Wildman–Crippen MR) is 110 cm³/mol. The minimum Gasteiger partial charge on any atom is -0.378 e. The van der Waals surface area contributed by atoms with Gasteiger partial charge in [-0.2, -0.15) is 13.7 Å². The number of carbonyl (C=O) groups is 2. The van der Waals surface area contributed by atoms with Crippen molar-refractivity contribution in [3.63, 3.8) is 0 Å². The molecule has 0 spiro atoms. The summed E-state index contributed by atoms with van der Waals surface area (Å²) in [4.78, 5) is 32.5. The van der Waals surface area contributed by atoms with Crippen LogP contribution >= 0.6 is 11.3 Å². The van der Waals surface area contributed by atoms with Gasteiger partial charge in [-0.25, -0.2) is 9.88 Å². The van der Waals surface area contributed by atoms with Crippen LogP contribution in [0.25, 0.3) is 6.08 Å². The van der Waals surface area contributed by atoms with Crippen LogP contribution < -0.4 is 10.6 Å². The van der Waals surface area contributed by atoms with Gasteiger partial charge in [0, 0.05) is 13.1 Å². The first-order chi connectivity index (χ1) is 14.7. The molecular weight excluding hydrogens is 446 g/mol. The number of ether oxygens (including phenoxy) is 1. The molecule has 0 unspecified atom stereocenters. The van der Waals surface area contributed by atoms with Crippen molar-refractivity contribution in [2.45, 2.75) is 4.90 Å². The summed E-state index contributed by atoms with van der Waals surface area (Å²) in [6, 6.07) is 4.89. The Morgan fingerprint density at radius 1 is 1.26 bits per heavy atom. The average Bonchev–Trinajstić information content (AvgIpc) is 3.23. The van der Waals surface area contributed by atoms with E-state index in [1.165, 1.54) is 6.08 Å². The number of morpholine rings is 1. The largest absolute Gasteiger partial charge is 0.378 e. The van der Waals surface area contributed by atoms with Gasteiger partial charge in [-0.1, -0.05) is 11.3 Å². The highest BCUT2D eigenvalue weighted by Crippen LogP contribution is 2.34. The number of nitriles is 1. The molecule has 4 rings (SSSR count). The van der Waals surface area contributed by atoms with Crippen LogP contribution in [0.4, 0.5) is 10.9 Å². The minimum absolute atomic E-state index is 0.0734. The third kappa shape index (κ3) is 3.77. The Labute approximate surface area is 180 Å². The molecule has 31 heavy (non-hydrogen) atoms. The van der Waals surface area contributed by atoms with E-state index in [4.69, 9.17) is 10.5 Å². The molecule has 0 saturated carbocycles. The zero-order valence-corrected chi connectivity index (χ0v) is 17.4. The Bertz CT molecular complexity index is 1270. The summed E-state index contributed by atoms with van der Waals surface area (Å²) in [5, 5.41) is 9.93. The Morgan fingerprint density at radius 3 is 2.58 bits per heavy atom. The molecule has 2 aliphatic rings. The quantitative estimate of drug-likeness (QED) is 0.380. The molecule has 2 aromatic rings. The number of thiazole rings is 1. The Balaban J connectivity index is 1.74. The number of benzene rings is 1. The van der Waals surface area contributed by atoms with Gasteiger partial charge in [-0.3, -0.25) is 14.1 Å². The van der Waals surface area contributed by atoms with Crippen molar-refractivity contribution in [2.75, 3.05) is 36.9 Å². The number of allylic oxidation sites excluding steroid dienone is 1. The third-order valence-corrected chi connectivity index (χ3v) is 6.41. The molecule has 11 nitrogen and oxygen atoms in total. The van der Waals surface area contributed by atoms with Crippen molar-refractivity contribution >= 4 is 50.3 Å². The molecule has 1 aromatic carbocycles. The number of carbonyl (C=O) groups excluding carboxylic acids is 2. The van der Waals surface area contributed by atoms with E-state index < -0.39 is 26.8 Å². The molecule has 2 aliphatic heterocycles. The second-order valence-electron chi connectivity index (χ2n) is 6.61. The second-order valence-corrected chi connectivity index (χ2v) is 9.09. The van der Waals surface area contributed by atoms with E-state index in [9.17, 15) is 27.8 Å². The summed E-state index contributed by atoms with van der Waals surface area (Å²) in [6.45, 7) is 2.13. The maximum absolute atomic E-state index is 12.8. The molecule has 1 aromatic heterocycles. The number of nitrogens with zero attached hydrogens (tertiary/aromatic N) is 4. The molecular formula is C18H15N5O6S2. The summed E-state index contributed by atoms with van der Waals surface area (Å²) < 4.78 is 37.3. The van der Waals surface area contributed by atoms with Crippen LogP contribution in [0, 0.1) is 11.3 Å². The van der Waals surface area contributed by atoms with E-state index in [0.717, 1.165) is 29.5 Å². The van der Waals surface area contributed by atoms with Crippen LogP contribution in [0.1, 0.15) is 25.6 Å². The third-order valence-electron chi connectivity index (χ3n) is 4.74. The molecule has 0 aliphatic carbocycles. The first-order valence-corrected chi connectivity index (χ1v) is 11.2. The van der Waals surface area contributed by atoms with E-state index in [1.807, 2.05) is 11.0 Å². The molecule has 3 N–H and O–H groups in total. The van der Waals surface area contributed by atoms with Gasteiger partial charge in [0.05, 0.1) is 34.1 Å². The predicted octanol–water partition coefficient (Wildman–Crippen LogP) is 0.969. The van der Waals surface area contributed by atoms with Gasteiger partial charge < -0.3 is 15.4 Å². The minimum atomic E-state index is -4.57. The van der Waals surface area contributed by atoms with Crippen molar-refractivity contribution < 1.29 is 27.3 Å². The van der Waals surface area contributed by atoms with Gasteiger partial charge in [0.25, 0.3) is 21.9 Å². The first-order valence-electron chi connectivity index (χ1n) is 8.92. The molecule has 13 heteroatoms. The lowest BCUT2D eigenvalue weighted by Gasteiger charge is -2.27. The highest BCUT2D eigenvalue weighted by Gasteiger charge is 2.39. The Hall–Kier alpha value is -3.31. The molecule has 0 radical (unpaired) electrons. The molecule has 1 saturated heterocycles. The standard InChI is InChI=1S/C18H15N5O6S2/c19-9-10(7-14-15(21-18(20)30-14)22-3-5-29-6-4-22)23-16(24)12-2-1-11(31(26,27)28)8-13(12)17(23)25/h1-2,7-8H,3-6H2,(H2,20,21)(H,26,27,28). The van der Waals surface area contributed by atoms with Crippen LogP contribution in [-0.4, -0.2) is 61.0 Å². The second kappa shape index (κ2) is 7.75. The lowest BCUT2D eigenvalue weighted by molar-refractivity contribution is 0.0712. The van der Waals surface area contributed by atoms with Crippen molar-refractivity contribution in [3.8, 4) is 6.07 Å². The number of anilines is 2. The van der Waals surface area contributed by atoms with Gasteiger partial charge in [0.1, 0.15) is 17.6 Å². The fraction of sp³-hybridized carbons (Fsp3) is 0.222. The smallest absolute Gasteiger partial charge is 0.294 e. The van der Waals surface area contributed by atoms with E-state index >= 15 is 0 Å². The number of nitrogens with two attached hydrogens (primary N) is 1. The molecule has 0 bridgehead atoms. The van der Waals surface area contributed by atoms with Crippen LogP contribution in [-0.2, 0) is 14.9 Å². The SMILES string of the molecule is N#CC(=Cc1sc(N)nc1N1CCOCC1)N1C(=O)c2ccc(S(=O)(=O)O)cc2C1=O.